The second-order valence-corrected chi connectivity index (χ2v) is 3.80. The van der Waals surface area contributed by atoms with E-state index in [9.17, 15) is 4.79 Å². The predicted octanol–water partition coefficient (Wildman–Crippen LogP) is 1.48. The number of hydrogen-bond donors (Lipinski definition) is 3. The standard InChI is InChI=1S/C12H10N4O/c13-7-4-9-10(5-8-2-1-3-14-8)12(17)16-11(9)15-6-7/h1-6,14H,13H2,(H,15,16,17). The van der Waals surface area contributed by atoms with Crippen LogP contribution in [0.15, 0.2) is 30.6 Å². The molecule has 0 fully saturated rings. The highest BCUT2D eigenvalue weighted by Gasteiger charge is 2.25. The SMILES string of the molecule is Nc1cnc2c(c1)C(=Cc1ccc[nH]1)C(=O)N2. The first-order valence-electron chi connectivity index (χ1n) is 5.16. The first kappa shape index (κ1) is 9.65. The lowest BCUT2D eigenvalue weighted by molar-refractivity contribution is -0.110. The van der Waals surface area contributed by atoms with E-state index < -0.39 is 0 Å². The monoisotopic (exact) mass is 226 g/mol. The zero-order chi connectivity index (χ0) is 11.8. The zero-order valence-corrected chi connectivity index (χ0v) is 8.90. The quantitative estimate of drug-likeness (QED) is 0.644. The van der Waals surface area contributed by atoms with Crippen LogP contribution >= 0.6 is 0 Å². The molecule has 5 nitrogen and oxygen atoms in total. The van der Waals surface area contributed by atoms with Gasteiger partial charge in [-0.3, -0.25) is 4.79 Å². The van der Waals surface area contributed by atoms with Gasteiger partial charge in [-0.25, -0.2) is 4.98 Å². The highest BCUT2D eigenvalue weighted by molar-refractivity contribution is 6.34. The summed E-state index contributed by atoms with van der Waals surface area (Å²) in [4.78, 5) is 18.9. The van der Waals surface area contributed by atoms with Gasteiger partial charge < -0.3 is 16.0 Å². The fourth-order valence-electron chi connectivity index (χ4n) is 1.82. The van der Waals surface area contributed by atoms with Crippen LogP contribution < -0.4 is 11.1 Å². The second kappa shape index (κ2) is 3.48. The molecule has 0 bridgehead atoms. The number of nitrogens with two attached hydrogens (primary N) is 1. The highest BCUT2D eigenvalue weighted by Crippen LogP contribution is 2.32. The number of nitrogens with one attached hydrogen (secondary N) is 2. The van der Waals surface area contributed by atoms with Crippen molar-refractivity contribution >= 4 is 29.1 Å². The Morgan fingerprint density at radius 3 is 3.06 bits per heavy atom. The maximum absolute atomic E-state index is 11.8. The third-order valence-corrected chi connectivity index (χ3v) is 2.60. The van der Waals surface area contributed by atoms with Crippen molar-refractivity contribution in [3.63, 3.8) is 0 Å². The van der Waals surface area contributed by atoms with Gasteiger partial charge in [0.25, 0.3) is 5.91 Å². The van der Waals surface area contributed by atoms with Crippen molar-refractivity contribution in [2.24, 2.45) is 0 Å². The molecule has 0 spiro atoms. The number of carbonyl (C=O) groups excluding carboxylic acids is 1. The Labute approximate surface area is 97.4 Å². The molecule has 0 aromatic carbocycles. The van der Waals surface area contributed by atoms with Crippen molar-refractivity contribution in [1.29, 1.82) is 0 Å². The van der Waals surface area contributed by atoms with Gasteiger partial charge in [0.05, 0.1) is 17.5 Å². The number of rotatable bonds is 1. The van der Waals surface area contributed by atoms with Crippen LogP contribution in [0, 0.1) is 0 Å². The Kier molecular flexibility index (Phi) is 1.98. The van der Waals surface area contributed by atoms with Crippen LogP contribution in [0.3, 0.4) is 0 Å². The molecule has 0 radical (unpaired) electrons. The van der Waals surface area contributed by atoms with Gasteiger partial charge in [-0.1, -0.05) is 0 Å². The third-order valence-electron chi connectivity index (χ3n) is 2.60. The van der Waals surface area contributed by atoms with Crippen molar-refractivity contribution in [1.82, 2.24) is 9.97 Å². The minimum Gasteiger partial charge on any atom is -0.397 e. The molecule has 2 aromatic rings. The van der Waals surface area contributed by atoms with Gasteiger partial charge in [0, 0.05) is 17.5 Å². The first-order valence-corrected chi connectivity index (χ1v) is 5.16. The molecule has 1 aliphatic rings. The number of anilines is 2. The van der Waals surface area contributed by atoms with Crippen LogP contribution in [0.2, 0.25) is 0 Å². The summed E-state index contributed by atoms with van der Waals surface area (Å²) in [5.41, 5.74) is 8.39. The summed E-state index contributed by atoms with van der Waals surface area (Å²) in [5, 5.41) is 2.70. The van der Waals surface area contributed by atoms with Crippen molar-refractivity contribution in [3.05, 3.63) is 41.9 Å². The number of aromatic amines is 1. The highest BCUT2D eigenvalue weighted by atomic mass is 16.2. The number of carbonyl (C=O) groups is 1. The molecule has 0 saturated heterocycles. The average molecular weight is 226 g/mol. The zero-order valence-electron chi connectivity index (χ0n) is 8.90. The molecule has 2 aromatic heterocycles. The van der Waals surface area contributed by atoms with Gasteiger partial charge in [-0.2, -0.15) is 0 Å². The lowest BCUT2D eigenvalue weighted by atomic mass is 10.1. The van der Waals surface area contributed by atoms with Crippen molar-refractivity contribution in [2.75, 3.05) is 11.1 Å². The second-order valence-electron chi connectivity index (χ2n) is 3.80. The lowest BCUT2D eigenvalue weighted by Gasteiger charge is -1.98. The van der Waals surface area contributed by atoms with Crippen LogP contribution in [0.25, 0.3) is 11.6 Å². The van der Waals surface area contributed by atoms with Crippen molar-refractivity contribution in [2.45, 2.75) is 0 Å². The predicted molar refractivity (Wildman–Crippen MR) is 65.9 cm³/mol. The molecular weight excluding hydrogens is 216 g/mol. The van der Waals surface area contributed by atoms with Gasteiger partial charge in [-0.15, -0.1) is 0 Å². The Bertz CT molecular complexity index is 613. The molecule has 4 N–H and O–H groups in total. The molecule has 0 atom stereocenters. The average Bonchev–Trinajstić information content (AvgIpc) is 2.90. The number of hydrogen-bond acceptors (Lipinski definition) is 3. The van der Waals surface area contributed by atoms with Crippen LogP contribution in [0.5, 0.6) is 0 Å². The fourth-order valence-corrected chi connectivity index (χ4v) is 1.82. The molecule has 84 valence electrons. The van der Waals surface area contributed by atoms with Gasteiger partial charge in [0.1, 0.15) is 5.82 Å². The topological polar surface area (TPSA) is 83.8 Å². The molecule has 0 saturated carbocycles. The summed E-state index contributed by atoms with van der Waals surface area (Å²) < 4.78 is 0. The number of aromatic nitrogens is 2. The van der Waals surface area contributed by atoms with E-state index in [-0.39, 0.29) is 5.91 Å². The van der Waals surface area contributed by atoms with E-state index in [1.54, 1.807) is 18.3 Å². The summed E-state index contributed by atoms with van der Waals surface area (Å²) in [5.74, 6) is 0.398. The molecule has 0 unspecified atom stereocenters. The molecule has 17 heavy (non-hydrogen) atoms. The molecule has 5 heteroatoms. The normalized spacial score (nSPS) is 16.0. The van der Waals surface area contributed by atoms with Crippen LogP contribution in [0.4, 0.5) is 11.5 Å². The van der Waals surface area contributed by atoms with Gasteiger partial charge in [0.2, 0.25) is 0 Å². The van der Waals surface area contributed by atoms with Crippen molar-refractivity contribution in [3.8, 4) is 0 Å². The van der Waals surface area contributed by atoms with E-state index >= 15 is 0 Å². The Morgan fingerprint density at radius 1 is 1.41 bits per heavy atom. The summed E-state index contributed by atoms with van der Waals surface area (Å²) >= 11 is 0. The summed E-state index contributed by atoms with van der Waals surface area (Å²) in [6.45, 7) is 0. The van der Waals surface area contributed by atoms with E-state index in [1.807, 2.05) is 12.1 Å². The van der Waals surface area contributed by atoms with Crippen LogP contribution in [-0.2, 0) is 4.79 Å². The Hall–Kier alpha value is -2.56. The Balaban J connectivity index is 2.13. The molecule has 0 aliphatic carbocycles. The fraction of sp³-hybridized carbons (Fsp3) is 0. The summed E-state index contributed by atoms with van der Waals surface area (Å²) in [6.07, 6.45) is 5.11. The van der Waals surface area contributed by atoms with Gasteiger partial charge in [-0.05, 0) is 24.3 Å². The van der Waals surface area contributed by atoms with Crippen LogP contribution in [0.1, 0.15) is 11.3 Å². The van der Waals surface area contributed by atoms with E-state index in [1.165, 1.54) is 6.20 Å². The number of nitrogen functional groups attached to an aromatic ring is 1. The minimum absolute atomic E-state index is 0.160. The number of fused-ring (bicyclic) bond motifs is 1. The maximum Gasteiger partial charge on any atom is 0.257 e. The van der Waals surface area contributed by atoms with Crippen molar-refractivity contribution < 1.29 is 4.79 Å². The van der Waals surface area contributed by atoms with E-state index in [0.29, 0.717) is 17.1 Å². The number of amides is 1. The molecule has 3 rings (SSSR count). The van der Waals surface area contributed by atoms with Gasteiger partial charge >= 0.3 is 0 Å². The largest absolute Gasteiger partial charge is 0.397 e. The van der Waals surface area contributed by atoms with E-state index in [2.05, 4.69) is 15.3 Å². The van der Waals surface area contributed by atoms with E-state index in [0.717, 1.165) is 11.3 Å². The molecule has 1 amide bonds. The first-order chi connectivity index (χ1) is 8.24. The van der Waals surface area contributed by atoms with E-state index in [4.69, 9.17) is 5.73 Å². The number of pyridine rings is 1. The molecule has 3 heterocycles. The minimum atomic E-state index is -0.160. The smallest absolute Gasteiger partial charge is 0.257 e. The Morgan fingerprint density at radius 2 is 2.29 bits per heavy atom. The summed E-state index contributed by atoms with van der Waals surface area (Å²) in [7, 11) is 0. The molecular formula is C12H10N4O. The maximum atomic E-state index is 11.8. The van der Waals surface area contributed by atoms with Crippen LogP contribution in [-0.4, -0.2) is 15.9 Å². The summed E-state index contributed by atoms with van der Waals surface area (Å²) in [6, 6.07) is 5.50. The molecule has 1 aliphatic heterocycles. The van der Waals surface area contributed by atoms with Gasteiger partial charge in [0.15, 0.2) is 0 Å². The number of nitrogens with zero attached hydrogens (tertiary/aromatic N) is 1. The number of H-pyrrole nitrogens is 1. The lowest BCUT2D eigenvalue weighted by Crippen LogP contribution is -2.04. The third kappa shape index (κ3) is 1.57.